The Balaban J connectivity index is 2.66. The molecule has 11 heteroatoms. The molecule has 0 saturated heterocycles. The van der Waals surface area contributed by atoms with Crippen molar-refractivity contribution in [3.05, 3.63) is 52.4 Å². The monoisotopic (exact) mass is 449 g/mol. The van der Waals surface area contributed by atoms with E-state index in [4.69, 9.17) is 22.7 Å². The number of anilines is 1. The maximum absolute atomic E-state index is 12.9. The van der Waals surface area contributed by atoms with Crippen LogP contribution in [-0.2, 0) is 19.6 Å². The molecule has 0 aliphatic carbocycles. The predicted molar refractivity (Wildman–Crippen MR) is 118 cm³/mol. The second-order valence-electron chi connectivity index (χ2n) is 6.54. The lowest BCUT2D eigenvalue weighted by Crippen LogP contribution is -2.38. The van der Waals surface area contributed by atoms with Crippen LogP contribution in [0.25, 0.3) is 0 Å². The molecule has 1 atom stereocenters. The molecule has 5 N–H and O–H groups in total. The molecule has 0 aromatic heterocycles. The van der Waals surface area contributed by atoms with Crippen LogP contribution in [0.2, 0.25) is 0 Å². The number of nitrogens with zero attached hydrogens (tertiary/aromatic N) is 1. The summed E-state index contributed by atoms with van der Waals surface area (Å²) in [5, 5.41) is 15.7. The molecular formula is C19H23N5O4S2. The van der Waals surface area contributed by atoms with Crippen LogP contribution < -0.4 is 21.1 Å². The number of hydrogen-bond donors (Lipinski definition) is 4. The molecule has 9 nitrogen and oxygen atoms in total. The van der Waals surface area contributed by atoms with Gasteiger partial charge in [-0.15, -0.1) is 0 Å². The Morgan fingerprint density at radius 1 is 1.43 bits per heavy atom. The fourth-order valence-electron chi connectivity index (χ4n) is 3.14. The number of carbonyl (C=O) groups is 1. The first kappa shape index (κ1) is 23.2. The smallest absolute Gasteiger partial charge is 0.336 e. The lowest BCUT2D eigenvalue weighted by molar-refractivity contribution is -0.138. The molecule has 0 radical (unpaired) electrons. The number of benzene rings is 1. The van der Waals surface area contributed by atoms with E-state index in [9.17, 15) is 18.5 Å². The maximum Gasteiger partial charge on any atom is 0.336 e. The van der Waals surface area contributed by atoms with Crippen LogP contribution in [0.3, 0.4) is 0 Å². The van der Waals surface area contributed by atoms with Crippen LogP contribution in [0.1, 0.15) is 25.3 Å². The van der Waals surface area contributed by atoms with Crippen molar-refractivity contribution in [1.29, 1.82) is 5.26 Å². The molecule has 0 amide bonds. The Labute approximate surface area is 181 Å². The Morgan fingerprint density at radius 2 is 2.13 bits per heavy atom. The van der Waals surface area contributed by atoms with Crippen LogP contribution in [0.15, 0.2) is 46.8 Å². The largest absolute Gasteiger partial charge is 0.463 e. The number of esters is 1. The van der Waals surface area contributed by atoms with Gasteiger partial charge < -0.3 is 21.1 Å². The average molecular weight is 450 g/mol. The Kier molecular flexibility index (Phi) is 7.42. The highest BCUT2D eigenvalue weighted by Crippen LogP contribution is 2.39. The summed E-state index contributed by atoms with van der Waals surface area (Å²) in [4.78, 5) is 12.9. The number of sulfonamides is 1. The molecular weight excluding hydrogens is 426 g/mol. The third kappa shape index (κ3) is 5.71. The van der Waals surface area contributed by atoms with Crippen molar-refractivity contribution in [2.45, 2.75) is 19.8 Å². The molecule has 1 aromatic rings. The van der Waals surface area contributed by atoms with Gasteiger partial charge in [-0.25, -0.2) is 13.2 Å². The van der Waals surface area contributed by atoms with Crippen molar-refractivity contribution in [2.24, 2.45) is 5.73 Å². The molecule has 1 aliphatic heterocycles. The molecule has 1 aliphatic rings. The highest BCUT2D eigenvalue weighted by Gasteiger charge is 2.35. The number of allylic oxidation sites excluding steroid dienone is 2. The summed E-state index contributed by atoms with van der Waals surface area (Å²) in [5.41, 5.74) is 7.94. The molecule has 0 fully saturated rings. The molecule has 1 aromatic carbocycles. The van der Waals surface area contributed by atoms with Gasteiger partial charge in [0.1, 0.15) is 0 Å². The third-order valence-electron chi connectivity index (χ3n) is 4.22. The summed E-state index contributed by atoms with van der Waals surface area (Å²) in [6.07, 6.45) is 1.04. The lowest BCUT2D eigenvalue weighted by Gasteiger charge is -2.30. The average Bonchev–Trinajstić information content (AvgIpc) is 2.64. The molecule has 160 valence electrons. The normalized spacial score (nSPS) is 16.4. The van der Waals surface area contributed by atoms with E-state index in [0.29, 0.717) is 28.2 Å². The fraction of sp³-hybridized carbons (Fsp3) is 0.316. The SMILES string of the molecule is CCOC(=O)C1=C(CNC(N)=S)NC(C)=C(C#N)C1c1cccc(NS(C)(=O)=O)c1. The molecule has 30 heavy (non-hydrogen) atoms. The number of nitrogens with two attached hydrogens (primary N) is 1. The molecule has 0 saturated carbocycles. The number of nitriles is 1. The second-order valence-corrected chi connectivity index (χ2v) is 8.73. The van der Waals surface area contributed by atoms with Gasteiger partial charge in [-0.1, -0.05) is 12.1 Å². The van der Waals surface area contributed by atoms with Gasteiger partial charge in [-0.05, 0) is 43.8 Å². The zero-order chi connectivity index (χ0) is 22.5. The van der Waals surface area contributed by atoms with E-state index in [0.717, 1.165) is 6.26 Å². The quantitative estimate of drug-likeness (QED) is 0.356. The molecule has 0 spiro atoms. The van der Waals surface area contributed by atoms with E-state index in [1.807, 2.05) is 0 Å². The van der Waals surface area contributed by atoms with E-state index in [-0.39, 0.29) is 23.8 Å². The number of nitrogens with one attached hydrogen (secondary N) is 3. The second kappa shape index (κ2) is 9.60. The van der Waals surface area contributed by atoms with Crippen molar-refractivity contribution < 1.29 is 17.9 Å². The molecule has 0 bridgehead atoms. The third-order valence-corrected chi connectivity index (χ3v) is 4.97. The van der Waals surface area contributed by atoms with Crippen molar-refractivity contribution in [3.63, 3.8) is 0 Å². The van der Waals surface area contributed by atoms with Gasteiger partial charge in [0.15, 0.2) is 5.11 Å². The van der Waals surface area contributed by atoms with E-state index < -0.39 is 21.9 Å². The zero-order valence-corrected chi connectivity index (χ0v) is 18.4. The standard InChI is InChI=1S/C19H23N5O4S2/c1-4-28-18(25)17-15(10-22-19(21)29)23-11(2)14(9-20)16(17)12-6-5-7-13(8-12)24-30(3,26)27/h5-8,16,23-24H,4,10H2,1-3H3,(H3,21,22,29). The topological polar surface area (TPSA) is 146 Å². The number of rotatable bonds is 7. The summed E-state index contributed by atoms with van der Waals surface area (Å²) in [5.74, 6) is -1.36. The van der Waals surface area contributed by atoms with Crippen LogP contribution in [-0.4, -0.2) is 38.9 Å². The maximum atomic E-state index is 12.9. The summed E-state index contributed by atoms with van der Waals surface area (Å²) < 4.78 is 30.9. The highest BCUT2D eigenvalue weighted by atomic mass is 32.2. The summed E-state index contributed by atoms with van der Waals surface area (Å²) in [7, 11) is -3.50. The summed E-state index contributed by atoms with van der Waals surface area (Å²) in [6, 6.07) is 8.67. The van der Waals surface area contributed by atoms with Crippen LogP contribution in [0.5, 0.6) is 0 Å². The fourth-order valence-corrected chi connectivity index (χ4v) is 3.77. The van der Waals surface area contributed by atoms with Crippen LogP contribution >= 0.6 is 12.2 Å². The summed E-state index contributed by atoms with van der Waals surface area (Å²) >= 11 is 4.86. The van der Waals surface area contributed by atoms with E-state index >= 15 is 0 Å². The van der Waals surface area contributed by atoms with E-state index in [1.165, 1.54) is 0 Å². The highest BCUT2D eigenvalue weighted by molar-refractivity contribution is 7.92. The first-order valence-corrected chi connectivity index (χ1v) is 11.3. The predicted octanol–water partition coefficient (Wildman–Crippen LogP) is 1.19. The zero-order valence-electron chi connectivity index (χ0n) is 16.8. The summed E-state index contributed by atoms with van der Waals surface area (Å²) in [6.45, 7) is 3.66. The minimum Gasteiger partial charge on any atom is -0.463 e. The van der Waals surface area contributed by atoms with E-state index in [1.54, 1.807) is 38.1 Å². The van der Waals surface area contributed by atoms with Crippen LogP contribution in [0, 0.1) is 11.3 Å². The van der Waals surface area contributed by atoms with Gasteiger partial charge in [0.05, 0.1) is 42.5 Å². The number of carbonyl (C=O) groups excluding carboxylic acids is 1. The first-order valence-electron chi connectivity index (χ1n) is 8.96. The van der Waals surface area contributed by atoms with Gasteiger partial charge in [0.2, 0.25) is 10.0 Å². The number of hydrogen-bond acceptors (Lipinski definition) is 7. The van der Waals surface area contributed by atoms with Crippen molar-refractivity contribution in [2.75, 3.05) is 24.1 Å². The number of thiocarbonyl (C=S) groups is 1. The van der Waals surface area contributed by atoms with E-state index in [2.05, 4.69) is 21.4 Å². The van der Waals surface area contributed by atoms with Gasteiger partial charge >= 0.3 is 5.97 Å². The first-order chi connectivity index (χ1) is 14.1. The molecule has 1 heterocycles. The van der Waals surface area contributed by atoms with Gasteiger partial charge in [-0.2, -0.15) is 5.26 Å². The number of ether oxygens (including phenoxy) is 1. The van der Waals surface area contributed by atoms with Gasteiger partial charge in [-0.3, -0.25) is 4.72 Å². The van der Waals surface area contributed by atoms with Crippen molar-refractivity contribution in [3.8, 4) is 6.07 Å². The Hall–Kier alpha value is -3.10. The van der Waals surface area contributed by atoms with Gasteiger partial charge in [0.25, 0.3) is 0 Å². The minimum atomic E-state index is -3.50. The number of dihydropyridines is 1. The van der Waals surface area contributed by atoms with Gasteiger partial charge in [0, 0.05) is 17.1 Å². The molecule has 2 rings (SSSR count). The van der Waals surface area contributed by atoms with Crippen LogP contribution in [0.4, 0.5) is 5.69 Å². The minimum absolute atomic E-state index is 0.0520. The lowest BCUT2D eigenvalue weighted by atomic mass is 9.80. The Morgan fingerprint density at radius 3 is 2.70 bits per heavy atom. The Bertz CT molecular complexity index is 1070. The van der Waals surface area contributed by atoms with Crippen molar-refractivity contribution in [1.82, 2.24) is 10.6 Å². The van der Waals surface area contributed by atoms with Crippen molar-refractivity contribution >= 4 is 39.0 Å². The molecule has 1 unspecified atom stereocenters.